The van der Waals surface area contributed by atoms with Crippen LogP contribution in [0.2, 0.25) is 0 Å². The Labute approximate surface area is 88.4 Å². The van der Waals surface area contributed by atoms with Gasteiger partial charge in [-0.3, -0.25) is 0 Å². The third-order valence-corrected chi connectivity index (χ3v) is 2.62. The molecule has 4 nitrogen and oxygen atoms in total. The van der Waals surface area contributed by atoms with Crippen LogP contribution in [0, 0.1) is 0 Å². The van der Waals surface area contributed by atoms with Gasteiger partial charge in [-0.15, -0.1) is 0 Å². The lowest BCUT2D eigenvalue weighted by Gasteiger charge is -2.12. The normalized spacial score (nSPS) is 31.1. The second-order valence-corrected chi connectivity index (χ2v) is 4.34. The summed E-state index contributed by atoms with van der Waals surface area (Å²) in [5.74, 6) is -0.197. The highest BCUT2D eigenvalue weighted by molar-refractivity contribution is 7.80. The summed E-state index contributed by atoms with van der Waals surface area (Å²) in [5, 5.41) is 6.68. The van der Waals surface area contributed by atoms with Gasteiger partial charge in [0.1, 0.15) is 12.1 Å². The van der Waals surface area contributed by atoms with Crippen molar-refractivity contribution in [2.24, 2.45) is 0 Å². The van der Waals surface area contributed by atoms with E-state index in [1.54, 1.807) is 0 Å². The summed E-state index contributed by atoms with van der Waals surface area (Å²) in [6.07, 6.45) is 3.05. The molecule has 0 aromatic carbocycles. The predicted molar refractivity (Wildman–Crippen MR) is 55.9 cm³/mol. The zero-order valence-electron chi connectivity index (χ0n) is 8.08. The highest BCUT2D eigenvalue weighted by Gasteiger charge is 2.33. The van der Waals surface area contributed by atoms with Crippen LogP contribution in [0.15, 0.2) is 0 Å². The molecule has 1 aliphatic heterocycles. The molecule has 78 valence electrons. The number of esters is 1. The van der Waals surface area contributed by atoms with Crippen LogP contribution in [0.3, 0.4) is 0 Å². The van der Waals surface area contributed by atoms with Gasteiger partial charge in [0.25, 0.3) is 0 Å². The summed E-state index contributed by atoms with van der Waals surface area (Å²) in [6.45, 7) is 1.89. The van der Waals surface area contributed by atoms with Gasteiger partial charge < -0.3 is 15.4 Å². The Kier molecular flexibility index (Phi) is 2.58. The van der Waals surface area contributed by atoms with E-state index in [0.717, 1.165) is 0 Å². The summed E-state index contributed by atoms with van der Waals surface area (Å²) in [7, 11) is 0. The molecule has 5 heteroatoms. The van der Waals surface area contributed by atoms with E-state index in [-0.39, 0.29) is 18.1 Å². The number of cyclic esters (lactones) is 1. The molecule has 1 saturated heterocycles. The van der Waals surface area contributed by atoms with Gasteiger partial charge in [-0.1, -0.05) is 0 Å². The number of hydrogen-bond acceptors (Lipinski definition) is 3. The second kappa shape index (κ2) is 3.73. The first kappa shape index (κ1) is 9.71. The number of hydrogen-bond donors (Lipinski definition) is 2. The highest BCUT2D eigenvalue weighted by atomic mass is 32.1. The third kappa shape index (κ3) is 2.35. The minimum atomic E-state index is -0.260. The SMILES string of the molecule is C[C@H]1C[C@H](NC(=S)NC2CC2)C(=O)O1. The molecule has 2 atom stereocenters. The summed E-state index contributed by atoms with van der Waals surface area (Å²) in [5.41, 5.74) is 0. The molecule has 2 N–H and O–H groups in total. The van der Waals surface area contributed by atoms with Gasteiger partial charge >= 0.3 is 5.97 Å². The van der Waals surface area contributed by atoms with E-state index in [1.165, 1.54) is 12.8 Å². The summed E-state index contributed by atoms with van der Waals surface area (Å²) < 4.78 is 5.01. The number of rotatable bonds is 2. The molecule has 0 aromatic rings. The van der Waals surface area contributed by atoms with E-state index in [0.29, 0.717) is 17.6 Å². The Bertz CT molecular complexity index is 266. The molecule has 0 unspecified atom stereocenters. The maximum atomic E-state index is 11.2. The summed E-state index contributed by atoms with van der Waals surface area (Å²) >= 11 is 5.07. The van der Waals surface area contributed by atoms with Crippen LogP contribution in [0.5, 0.6) is 0 Å². The van der Waals surface area contributed by atoms with Crippen molar-refractivity contribution in [3.63, 3.8) is 0 Å². The lowest BCUT2D eigenvalue weighted by molar-refractivity contribution is -0.142. The maximum Gasteiger partial charge on any atom is 0.329 e. The van der Waals surface area contributed by atoms with E-state index in [1.807, 2.05) is 6.92 Å². The molecule has 2 fully saturated rings. The van der Waals surface area contributed by atoms with Crippen LogP contribution >= 0.6 is 12.2 Å². The molecular weight excluding hydrogens is 200 g/mol. The number of carbonyl (C=O) groups is 1. The van der Waals surface area contributed by atoms with E-state index >= 15 is 0 Å². The van der Waals surface area contributed by atoms with Crippen molar-refractivity contribution in [2.75, 3.05) is 0 Å². The van der Waals surface area contributed by atoms with Gasteiger partial charge in [0.15, 0.2) is 5.11 Å². The van der Waals surface area contributed by atoms with Crippen molar-refractivity contribution in [1.29, 1.82) is 0 Å². The molecule has 14 heavy (non-hydrogen) atoms. The molecule has 1 saturated carbocycles. The number of thiocarbonyl (C=S) groups is 1. The van der Waals surface area contributed by atoms with Crippen molar-refractivity contribution < 1.29 is 9.53 Å². The quantitative estimate of drug-likeness (QED) is 0.512. The van der Waals surface area contributed by atoms with Crippen LogP contribution < -0.4 is 10.6 Å². The Balaban J connectivity index is 1.78. The average molecular weight is 214 g/mol. The second-order valence-electron chi connectivity index (χ2n) is 3.93. The summed E-state index contributed by atoms with van der Waals surface area (Å²) in [6, 6.07) is 0.258. The molecule has 0 radical (unpaired) electrons. The standard InChI is InChI=1S/C9H14N2O2S/c1-5-4-7(8(12)13-5)11-9(14)10-6-2-3-6/h5-7H,2-4H2,1H3,(H2,10,11,14)/t5-,7-/m0/s1. The number of carbonyl (C=O) groups excluding carboxylic acids is 1. The fourth-order valence-corrected chi connectivity index (χ4v) is 1.80. The molecule has 0 spiro atoms. The molecule has 0 aromatic heterocycles. The number of nitrogens with one attached hydrogen (secondary N) is 2. The molecule has 2 rings (SSSR count). The molecule has 0 amide bonds. The van der Waals surface area contributed by atoms with Gasteiger partial charge in [0.2, 0.25) is 0 Å². The van der Waals surface area contributed by atoms with Crippen molar-refractivity contribution in [3.8, 4) is 0 Å². The van der Waals surface area contributed by atoms with Gasteiger partial charge in [0.05, 0.1) is 0 Å². The van der Waals surface area contributed by atoms with Crippen LogP contribution in [0.25, 0.3) is 0 Å². The van der Waals surface area contributed by atoms with E-state index in [9.17, 15) is 4.79 Å². The van der Waals surface area contributed by atoms with Crippen LogP contribution in [-0.2, 0) is 9.53 Å². The van der Waals surface area contributed by atoms with E-state index < -0.39 is 0 Å². The third-order valence-electron chi connectivity index (χ3n) is 2.39. The van der Waals surface area contributed by atoms with Gasteiger partial charge in [0, 0.05) is 12.5 Å². The van der Waals surface area contributed by atoms with Crippen LogP contribution in [-0.4, -0.2) is 29.3 Å². The Morgan fingerprint density at radius 3 is 2.71 bits per heavy atom. The molecule has 0 bridgehead atoms. The zero-order chi connectivity index (χ0) is 10.1. The molecular formula is C9H14N2O2S. The molecule has 1 heterocycles. The largest absolute Gasteiger partial charge is 0.461 e. The Morgan fingerprint density at radius 1 is 1.50 bits per heavy atom. The molecule has 2 aliphatic rings. The minimum Gasteiger partial charge on any atom is -0.461 e. The van der Waals surface area contributed by atoms with Crippen molar-refractivity contribution >= 4 is 23.3 Å². The van der Waals surface area contributed by atoms with Crippen molar-refractivity contribution in [1.82, 2.24) is 10.6 Å². The smallest absolute Gasteiger partial charge is 0.329 e. The lowest BCUT2D eigenvalue weighted by Crippen LogP contribution is -2.44. The topological polar surface area (TPSA) is 50.4 Å². The average Bonchev–Trinajstić information content (AvgIpc) is 2.81. The minimum absolute atomic E-state index is 0.00345. The predicted octanol–water partition coefficient (Wildman–Crippen LogP) is 0.317. The monoisotopic (exact) mass is 214 g/mol. The summed E-state index contributed by atoms with van der Waals surface area (Å²) in [4.78, 5) is 11.2. The van der Waals surface area contributed by atoms with E-state index in [2.05, 4.69) is 10.6 Å². The van der Waals surface area contributed by atoms with Gasteiger partial charge in [-0.2, -0.15) is 0 Å². The lowest BCUT2D eigenvalue weighted by atomic mass is 10.2. The first-order chi connectivity index (χ1) is 6.65. The Hall–Kier alpha value is -0.840. The first-order valence-corrected chi connectivity index (χ1v) is 5.33. The molecule has 1 aliphatic carbocycles. The Morgan fingerprint density at radius 2 is 2.21 bits per heavy atom. The van der Waals surface area contributed by atoms with Gasteiger partial charge in [-0.25, -0.2) is 4.79 Å². The number of ether oxygens (including phenoxy) is 1. The fourth-order valence-electron chi connectivity index (χ4n) is 1.49. The van der Waals surface area contributed by atoms with E-state index in [4.69, 9.17) is 17.0 Å². The zero-order valence-corrected chi connectivity index (χ0v) is 8.89. The van der Waals surface area contributed by atoms with Crippen molar-refractivity contribution in [2.45, 2.75) is 44.4 Å². The van der Waals surface area contributed by atoms with Crippen molar-refractivity contribution in [3.05, 3.63) is 0 Å². The van der Waals surface area contributed by atoms with Crippen LogP contribution in [0.1, 0.15) is 26.2 Å². The highest BCUT2D eigenvalue weighted by Crippen LogP contribution is 2.19. The van der Waals surface area contributed by atoms with Gasteiger partial charge in [-0.05, 0) is 32.0 Å². The first-order valence-electron chi connectivity index (χ1n) is 4.92. The van der Waals surface area contributed by atoms with Crippen LogP contribution in [0.4, 0.5) is 0 Å². The fraction of sp³-hybridized carbons (Fsp3) is 0.778. The maximum absolute atomic E-state index is 11.2.